The molecule has 0 radical (unpaired) electrons. The monoisotopic (exact) mass is 616 g/mol. The van der Waals surface area contributed by atoms with Gasteiger partial charge in [0.25, 0.3) is 11.1 Å². The van der Waals surface area contributed by atoms with Crippen LogP contribution in [0.4, 0.5) is 10.5 Å². The van der Waals surface area contributed by atoms with E-state index in [1.807, 2.05) is 6.92 Å². The van der Waals surface area contributed by atoms with Crippen molar-refractivity contribution in [3.8, 4) is 11.3 Å². The third-order valence-electron chi connectivity index (χ3n) is 5.64. The zero-order valence-electron chi connectivity index (χ0n) is 21.7. The topological polar surface area (TPSA) is 132 Å². The average molecular weight is 617 g/mol. The first-order valence-corrected chi connectivity index (χ1v) is 13.7. The number of halogens is 2. The van der Waals surface area contributed by atoms with Crippen molar-refractivity contribution in [2.24, 2.45) is 0 Å². The van der Waals surface area contributed by atoms with E-state index >= 15 is 0 Å². The number of furan rings is 1. The van der Waals surface area contributed by atoms with Crippen molar-refractivity contribution in [1.29, 1.82) is 0 Å². The number of amides is 3. The quantitative estimate of drug-likeness (QED) is 0.218. The number of hydrogen-bond acceptors (Lipinski definition) is 9. The molecule has 2 aromatic carbocycles. The first-order valence-electron chi connectivity index (χ1n) is 12.1. The Labute approximate surface area is 248 Å². The van der Waals surface area contributed by atoms with Gasteiger partial charge >= 0.3 is 11.9 Å². The number of benzene rings is 2. The minimum Gasteiger partial charge on any atom is -0.465 e. The maximum atomic E-state index is 12.9. The number of ether oxygens (including phenoxy) is 2. The van der Waals surface area contributed by atoms with Crippen LogP contribution in [0.1, 0.15) is 39.8 Å². The van der Waals surface area contributed by atoms with E-state index in [-0.39, 0.29) is 44.1 Å². The Morgan fingerprint density at radius 3 is 2.41 bits per heavy atom. The second-order valence-corrected chi connectivity index (χ2v) is 10.3. The van der Waals surface area contributed by atoms with E-state index in [1.165, 1.54) is 43.5 Å². The van der Waals surface area contributed by atoms with Gasteiger partial charge in [-0.05, 0) is 66.7 Å². The highest BCUT2D eigenvalue weighted by molar-refractivity contribution is 8.18. The van der Waals surface area contributed by atoms with Gasteiger partial charge in [0.05, 0.1) is 39.8 Å². The van der Waals surface area contributed by atoms with Gasteiger partial charge in [-0.25, -0.2) is 9.59 Å². The Morgan fingerprint density at radius 2 is 1.71 bits per heavy atom. The second-order valence-electron chi connectivity index (χ2n) is 8.53. The first kappa shape index (κ1) is 29.9. The molecule has 0 atom stereocenters. The van der Waals surface area contributed by atoms with Crippen molar-refractivity contribution in [1.82, 2.24) is 4.90 Å². The SMILES string of the molecule is CCCOC(=O)c1cc(NC(=O)CN2C(=O)S/C(=C/c3ccc(-c4ccc(Cl)c(C(=O)OC)c4)o3)C2=O)ccc1Cl. The summed E-state index contributed by atoms with van der Waals surface area (Å²) < 4.78 is 15.6. The molecule has 0 bridgehead atoms. The smallest absolute Gasteiger partial charge is 0.339 e. The highest BCUT2D eigenvalue weighted by Crippen LogP contribution is 2.34. The van der Waals surface area contributed by atoms with Gasteiger partial charge in [0.2, 0.25) is 5.91 Å². The number of rotatable bonds is 9. The van der Waals surface area contributed by atoms with Crippen molar-refractivity contribution >= 4 is 75.7 Å². The number of carbonyl (C=O) groups excluding carboxylic acids is 5. The molecule has 212 valence electrons. The molecule has 1 aromatic heterocycles. The number of methoxy groups -OCH3 is 1. The summed E-state index contributed by atoms with van der Waals surface area (Å²) in [6, 6.07) is 12.2. The standard InChI is InChI=1S/C28H22Cl2N2O8S/c1-3-10-39-27(36)19-12-16(5-8-21(19)30)31-24(33)14-32-25(34)23(41-28(32)37)13-17-6-9-22(40-17)15-4-7-20(29)18(11-15)26(35)38-2/h4-9,11-13H,3,10,14H2,1-2H3,(H,31,33)/b23-13+. The van der Waals surface area contributed by atoms with Crippen LogP contribution in [0.5, 0.6) is 0 Å². The fourth-order valence-electron chi connectivity index (χ4n) is 3.67. The van der Waals surface area contributed by atoms with E-state index in [0.717, 1.165) is 4.90 Å². The molecule has 4 rings (SSSR count). The summed E-state index contributed by atoms with van der Waals surface area (Å²) in [6.07, 6.45) is 2.02. The Morgan fingerprint density at radius 1 is 1.00 bits per heavy atom. The maximum Gasteiger partial charge on any atom is 0.339 e. The van der Waals surface area contributed by atoms with Crippen molar-refractivity contribution in [2.45, 2.75) is 13.3 Å². The van der Waals surface area contributed by atoms with Gasteiger partial charge in [-0.2, -0.15) is 0 Å². The molecule has 0 saturated carbocycles. The molecular formula is C28H22Cl2N2O8S. The Kier molecular flexibility index (Phi) is 9.53. The highest BCUT2D eigenvalue weighted by atomic mass is 35.5. The third-order valence-corrected chi connectivity index (χ3v) is 7.21. The summed E-state index contributed by atoms with van der Waals surface area (Å²) in [5.41, 5.74) is 1.02. The molecule has 0 spiro atoms. The molecule has 41 heavy (non-hydrogen) atoms. The lowest BCUT2D eigenvalue weighted by Crippen LogP contribution is -2.36. The summed E-state index contributed by atoms with van der Waals surface area (Å²) in [5, 5.41) is 2.29. The van der Waals surface area contributed by atoms with E-state index in [1.54, 1.807) is 18.2 Å². The van der Waals surface area contributed by atoms with E-state index in [2.05, 4.69) is 5.32 Å². The van der Waals surface area contributed by atoms with Crippen LogP contribution < -0.4 is 5.32 Å². The molecular weight excluding hydrogens is 595 g/mol. The minimum absolute atomic E-state index is 0.0579. The third kappa shape index (κ3) is 6.99. The molecule has 1 saturated heterocycles. The molecule has 3 amide bonds. The minimum atomic E-state index is -0.674. The van der Waals surface area contributed by atoms with Crippen LogP contribution >= 0.6 is 35.0 Å². The molecule has 3 aromatic rings. The normalized spacial score (nSPS) is 14.0. The van der Waals surface area contributed by atoms with E-state index in [4.69, 9.17) is 37.1 Å². The maximum absolute atomic E-state index is 12.9. The van der Waals surface area contributed by atoms with Crippen LogP contribution in [-0.4, -0.2) is 54.2 Å². The molecule has 1 fully saturated rings. The summed E-state index contributed by atoms with van der Waals surface area (Å²) in [7, 11) is 1.24. The molecule has 0 unspecified atom stereocenters. The zero-order chi connectivity index (χ0) is 29.7. The fraction of sp³-hybridized carbons (Fsp3) is 0.179. The van der Waals surface area contributed by atoms with Gasteiger partial charge in [-0.1, -0.05) is 30.1 Å². The van der Waals surface area contributed by atoms with Gasteiger partial charge in [0.1, 0.15) is 18.1 Å². The molecule has 2 heterocycles. The van der Waals surface area contributed by atoms with E-state index in [9.17, 15) is 24.0 Å². The van der Waals surface area contributed by atoms with Crippen molar-refractivity contribution in [3.05, 3.63) is 80.4 Å². The second kappa shape index (κ2) is 13.1. The molecule has 10 nitrogen and oxygen atoms in total. The van der Waals surface area contributed by atoms with Gasteiger partial charge in [-0.3, -0.25) is 19.3 Å². The van der Waals surface area contributed by atoms with Crippen molar-refractivity contribution in [2.75, 3.05) is 25.6 Å². The van der Waals surface area contributed by atoms with Crippen LogP contribution in [0.15, 0.2) is 57.9 Å². The number of nitrogens with one attached hydrogen (secondary N) is 1. The Balaban J connectivity index is 1.44. The molecule has 1 N–H and O–H groups in total. The van der Waals surface area contributed by atoms with Gasteiger partial charge in [0, 0.05) is 17.3 Å². The predicted octanol–water partition coefficient (Wildman–Crippen LogP) is 6.28. The van der Waals surface area contributed by atoms with Crippen LogP contribution in [0.2, 0.25) is 10.0 Å². The van der Waals surface area contributed by atoms with Gasteiger partial charge in [-0.15, -0.1) is 0 Å². The fourth-order valence-corrected chi connectivity index (χ4v) is 4.88. The zero-order valence-corrected chi connectivity index (χ0v) is 24.0. The number of anilines is 1. The number of esters is 2. The summed E-state index contributed by atoms with van der Waals surface area (Å²) >= 11 is 12.8. The summed E-state index contributed by atoms with van der Waals surface area (Å²) in [6.45, 7) is 1.52. The van der Waals surface area contributed by atoms with Gasteiger partial charge in [0.15, 0.2) is 0 Å². The lowest BCUT2D eigenvalue weighted by Gasteiger charge is -2.13. The Bertz CT molecular complexity index is 1580. The highest BCUT2D eigenvalue weighted by Gasteiger charge is 2.36. The summed E-state index contributed by atoms with van der Waals surface area (Å²) in [4.78, 5) is 63.1. The lowest BCUT2D eigenvalue weighted by atomic mass is 10.1. The molecule has 13 heteroatoms. The van der Waals surface area contributed by atoms with Crippen LogP contribution in [-0.2, 0) is 19.1 Å². The van der Waals surface area contributed by atoms with Crippen molar-refractivity contribution in [3.63, 3.8) is 0 Å². The van der Waals surface area contributed by atoms with Crippen LogP contribution in [0.3, 0.4) is 0 Å². The number of nitrogens with zero attached hydrogens (tertiary/aromatic N) is 1. The predicted molar refractivity (Wildman–Crippen MR) is 154 cm³/mol. The van der Waals surface area contributed by atoms with E-state index in [0.29, 0.717) is 29.5 Å². The molecule has 0 aliphatic carbocycles. The first-order chi connectivity index (χ1) is 19.6. The number of imide groups is 1. The Hall–Kier alpha value is -4.06. The molecule has 1 aliphatic rings. The van der Waals surface area contributed by atoms with Gasteiger partial charge < -0.3 is 19.2 Å². The summed E-state index contributed by atoms with van der Waals surface area (Å²) in [5.74, 6) is -1.91. The van der Waals surface area contributed by atoms with Crippen LogP contribution in [0, 0.1) is 0 Å². The average Bonchev–Trinajstić information content (AvgIpc) is 3.52. The number of hydrogen-bond donors (Lipinski definition) is 1. The largest absolute Gasteiger partial charge is 0.465 e. The number of carbonyl (C=O) groups is 5. The van der Waals surface area contributed by atoms with Crippen LogP contribution in [0.25, 0.3) is 17.4 Å². The molecule has 1 aliphatic heterocycles. The van der Waals surface area contributed by atoms with E-state index < -0.39 is 35.5 Å². The van der Waals surface area contributed by atoms with Crippen molar-refractivity contribution < 1.29 is 37.9 Å². The number of thioether (sulfide) groups is 1. The lowest BCUT2D eigenvalue weighted by molar-refractivity contribution is -0.127.